The second-order valence-electron chi connectivity index (χ2n) is 10.6. The van der Waals surface area contributed by atoms with E-state index in [9.17, 15) is 36.5 Å². The quantitative estimate of drug-likeness (QED) is 0.107. The summed E-state index contributed by atoms with van der Waals surface area (Å²) in [5.41, 5.74) is -2.47. The van der Waals surface area contributed by atoms with Gasteiger partial charge in [-0.05, 0) is 75.9 Å². The lowest BCUT2D eigenvalue weighted by atomic mass is 10.0. The van der Waals surface area contributed by atoms with Crippen molar-refractivity contribution in [3.63, 3.8) is 0 Å². The summed E-state index contributed by atoms with van der Waals surface area (Å²) in [5, 5.41) is 14.8. The SMILES string of the molecule is CC(C)(C)OC(=O)[C@H](Cc1ccc(OCCCCNc2ncccn2)c([N+](=O)[O-])c1)NS(=O)(=O)c1cccc(C(F)(F)F)c1. The van der Waals surface area contributed by atoms with Crippen molar-refractivity contribution in [3.8, 4) is 5.75 Å². The number of hydrogen-bond donors (Lipinski definition) is 2. The van der Waals surface area contributed by atoms with E-state index in [1.54, 1.807) is 39.2 Å². The van der Waals surface area contributed by atoms with Crippen LogP contribution in [0.2, 0.25) is 0 Å². The van der Waals surface area contributed by atoms with E-state index in [-0.39, 0.29) is 17.9 Å². The number of ether oxygens (including phenoxy) is 2. The molecule has 0 saturated carbocycles. The number of rotatable bonds is 14. The fourth-order valence-electron chi connectivity index (χ4n) is 3.83. The number of nitrogens with one attached hydrogen (secondary N) is 2. The number of esters is 1. The maximum atomic E-state index is 13.2. The summed E-state index contributed by atoms with van der Waals surface area (Å²) >= 11 is 0. The number of sulfonamides is 1. The van der Waals surface area contributed by atoms with Gasteiger partial charge in [-0.1, -0.05) is 12.1 Å². The van der Waals surface area contributed by atoms with Crippen LogP contribution in [0.15, 0.2) is 65.8 Å². The lowest BCUT2D eigenvalue weighted by Crippen LogP contribution is -2.45. The Balaban J connectivity index is 1.75. The van der Waals surface area contributed by atoms with Crippen LogP contribution in [0.4, 0.5) is 24.8 Å². The van der Waals surface area contributed by atoms with Crippen molar-refractivity contribution in [1.82, 2.24) is 14.7 Å². The number of halogens is 3. The lowest BCUT2D eigenvalue weighted by Gasteiger charge is -2.25. The van der Waals surface area contributed by atoms with Gasteiger partial charge in [0.05, 0.1) is 22.0 Å². The number of nitrogens with zero attached hydrogens (tertiary/aromatic N) is 3. The number of hydrogen-bond acceptors (Lipinski definition) is 10. The number of aromatic nitrogens is 2. The molecule has 2 aromatic carbocycles. The van der Waals surface area contributed by atoms with Gasteiger partial charge in [0.2, 0.25) is 16.0 Å². The van der Waals surface area contributed by atoms with Gasteiger partial charge in [0.25, 0.3) is 0 Å². The predicted molar refractivity (Wildman–Crippen MR) is 153 cm³/mol. The molecule has 0 radical (unpaired) electrons. The van der Waals surface area contributed by atoms with Gasteiger partial charge in [-0.2, -0.15) is 17.9 Å². The topological polar surface area (TPSA) is 163 Å². The van der Waals surface area contributed by atoms with Crippen molar-refractivity contribution in [3.05, 3.63) is 82.2 Å². The molecule has 238 valence electrons. The summed E-state index contributed by atoms with van der Waals surface area (Å²) in [6, 6.07) is 6.99. The van der Waals surface area contributed by atoms with Gasteiger partial charge in [-0.15, -0.1) is 0 Å². The number of carbonyl (C=O) groups excluding carboxylic acids is 1. The van der Waals surface area contributed by atoms with Gasteiger partial charge in [-0.25, -0.2) is 18.4 Å². The van der Waals surface area contributed by atoms with Gasteiger partial charge in [0.15, 0.2) is 5.75 Å². The molecule has 12 nitrogen and oxygen atoms in total. The number of anilines is 1. The fraction of sp³-hybridized carbons (Fsp3) is 0.393. The predicted octanol–water partition coefficient (Wildman–Crippen LogP) is 4.91. The molecule has 1 heterocycles. The molecular weight excluding hydrogens is 607 g/mol. The zero-order valence-corrected chi connectivity index (χ0v) is 24.9. The molecule has 0 aliphatic rings. The maximum absolute atomic E-state index is 13.2. The van der Waals surface area contributed by atoms with Gasteiger partial charge >= 0.3 is 17.8 Å². The molecule has 0 fully saturated rings. The molecule has 44 heavy (non-hydrogen) atoms. The summed E-state index contributed by atoms with van der Waals surface area (Å²) in [5.74, 6) is -0.580. The minimum absolute atomic E-state index is 0.0310. The Morgan fingerprint density at radius 3 is 2.39 bits per heavy atom. The van der Waals surface area contributed by atoms with E-state index in [0.717, 1.165) is 18.2 Å². The minimum Gasteiger partial charge on any atom is -0.487 e. The van der Waals surface area contributed by atoms with Crippen LogP contribution in [-0.4, -0.2) is 54.1 Å². The molecule has 0 amide bonds. The Morgan fingerprint density at radius 1 is 1.05 bits per heavy atom. The third kappa shape index (κ3) is 10.4. The highest BCUT2D eigenvalue weighted by Crippen LogP contribution is 2.31. The summed E-state index contributed by atoms with van der Waals surface area (Å²) in [7, 11) is -4.66. The first-order valence-electron chi connectivity index (χ1n) is 13.4. The van der Waals surface area contributed by atoms with Gasteiger partial charge in [0.1, 0.15) is 11.6 Å². The highest BCUT2D eigenvalue weighted by Gasteiger charge is 2.34. The molecule has 2 N–H and O–H groups in total. The Hall–Kier alpha value is -4.31. The fourth-order valence-corrected chi connectivity index (χ4v) is 5.06. The van der Waals surface area contributed by atoms with E-state index in [2.05, 4.69) is 20.0 Å². The van der Waals surface area contributed by atoms with Crippen molar-refractivity contribution in [2.75, 3.05) is 18.5 Å². The summed E-state index contributed by atoms with van der Waals surface area (Å²) in [6.07, 6.45) is -0.788. The molecule has 0 saturated heterocycles. The normalized spacial score (nSPS) is 12.8. The number of benzene rings is 2. The number of unbranched alkanes of at least 4 members (excludes halogenated alkanes) is 1. The van der Waals surface area contributed by atoms with Crippen LogP contribution in [0.5, 0.6) is 5.75 Å². The van der Waals surface area contributed by atoms with Crippen LogP contribution in [0.3, 0.4) is 0 Å². The highest BCUT2D eigenvalue weighted by molar-refractivity contribution is 7.89. The third-order valence-electron chi connectivity index (χ3n) is 5.80. The Kier molecular flexibility index (Phi) is 11.2. The molecule has 0 bridgehead atoms. The average Bonchev–Trinajstić information content (AvgIpc) is 2.94. The first-order chi connectivity index (χ1) is 20.5. The van der Waals surface area contributed by atoms with E-state index in [0.29, 0.717) is 37.5 Å². The maximum Gasteiger partial charge on any atom is 0.416 e. The standard InChI is InChI=1S/C28H32F3N5O7S/c1-27(2,3)43-25(37)22(35-44(40,41)21-9-6-8-20(18-21)28(29,30)31)16-19-10-11-24(23(17-19)36(38)39)42-15-5-4-12-32-26-33-13-7-14-34-26/h6-11,13-14,17-18,22,35H,4-5,12,15-16H2,1-3H3,(H,32,33,34)/t22-/m0/s1. The molecule has 3 aromatic rings. The second kappa shape index (κ2) is 14.4. The number of alkyl halides is 3. The summed E-state index contributed by atoms with van der Waals surface area (Å²) < 4.78 is 78.7. The van der Waals surface area contributed by atoms with Gasteiger partial charge < -0.3 is 14.8 Å². The van der Waals surface area contributed by atoms with Crippen LogP contribution in [0.25, 0.3) is 0 Å². The Labute approximate surface area is 252 Å². The average molecular weight is 640 g/mol. The molecule has 0 aliphatic heterocycles. The lowest BCUT2D eigenvalue weighted by molar-refractivity contribution is -0.385. The first kappa shape index (κ1) is 34.2. The molecule has 0 spiro atoms. The zero-order valence-electron chi connectivity index (χ0n) is 24.1. The van der Waals surface area contributed by atoms with Crippen LogP contribution >= 0.6 is 0 Å². The van der Waals surface area contributed by atoms with Gasteiger partial charge in [0, 0.05) is 25.0 Å². The van der Waals surface area contributed by atoms with Crippen molar-refractivity contribution in [2.45, 2.75) is 62.7 Å². The molecular formula is C28H32F3N5O7S. The third-order valence-corrected chi connectivity index (χ3v) is 7.27. The zero-order chi connectivity index (χ0) is 32.5. The Bertz CT molecular complexity index is 1550. The van der Waals surface area contributed by atoms with Crippen LogP contribution in [0.1, 0.15) is 44.7 Å². The van der Waals surface area contributed by atoms with E-state index in [4.69, 9.17) is 9.47 Å². The molecule has 16 heteroatoms. The number of nitro groups is 1. The van der Waals surface area contributed by atoms with Crippen LogP contribution in [-0.2, 0) is 32.2 Å². The number of carbonyl (C=O) groups is 1. The first-order valence-corrected chi connectivity index (χ1v) is 14.9. The largest absolute Gasteiger partial charge is 0.487 e. The van der Waals surface area contributed by atoms with Crippen molar-refractivity contribution >= 4 is 27.6 Å². The van der Waals surface area contributed by atoms with E-state index in [1.165, 1.54) is 12.1 Å². The smallest absolute Gasteiger partial charge is 0.416 e. The number of nitro benzene ring substituents is 1. The van der Waals surface area contributed by atoms with Gasteiger partial charge in [-0.3, -0.25) is 14.9 Å². The molecule has 0 aliphatic carbocycles. The minimum atomic E-state index is -4.80. The Morgan fingerprint density at radius 2 is 1.75 bits per heavy atom. The van der Waals surface area contributed by atoms with Crippen molar-refractivity contribution in [2.24, 2.45) is 0 Å². The van der Waals surface area contributed by atoms with E-state index < -0.39 is 61.3 Å². The van der Waals surface area contributed by atoms with Crippen LogP contribution < -0.4 is 14.8 Å². The molecule has 0 unspecified atom stereocenters. The monoisotopic (exact) mass is 639 g/mol. The highest BCUT2D eigenvalue weighted by atomic mass is 32.2. The van der Waals surface area contributed by atoms with Crippen molar-refractivity contribution in [1.29, 1.82) is 0 Å². The second-order valence-corrected chi connectivity index (χ2v) is 12.3. The van der Waals surface area contributed by atoms with Crippen molar-refractivity contribution < 1.29 is 40.8 Å². The molecule has 1 aromatic heterocycles. The van der Waals surface area contributed by atoms with Crippen LogP contribution in [0, 0.1) is 10.1 Å². The molecule has 1 atom stereocenters. The van der Waals surface area contributed by atoms with E-state index in [1.807, 2.05) is 0 Å². The molecule has 3 rings (SSSR count). The summed E-state index contributed by atoms with van der Waals surface area (Å²) in [4.78, 5) is 31.5. The summed E-state index contributed by atoms with van der Waals surface area (Å²) in [6.45, 7) is 5.36. The van der Waals surface area contributed by atoms with E-state index >= 15 is 0 Å².